The Morgan fingerprint density at radius 1 is 1.30 bits per heavy atom. The van der Waals surface area contributed by atoms with E-state index in [0.29, 0.717) is 27.0 Å². The Kier molecular flexibility index (Phi) is 5.34. The monoisotopic (exact) mass is 403 g/mol. The number of amides is 1. The first-order valence-corrected chi connectivity index (χ1v) is 9.47. The molecule has 6 nitrogen and oxygen atoms in total. The number of fused-ring (bicyclic) bond motifs is 1. The zero-order chi connectivity index (χ0) is 19.7. The Labute approximate surface area is 165 Å². The minimum absolute atomic E-state index is 0.0845. The topological polar surface area (TPSA) is 105 Å². The van der Waals surface area contributed by atoms with Gasteiger partial charge in [-0.05, 0) is 42.7 Å². The van der Waals surface area contributed by atoms with E-state index in [0.717, 1.165) is 17.5 Å². The summed E-state index contributed by atoms with van der Waals surface area (Å²) in [6.45, 7) is 4.23. The molecular formula is C19H18ClN3O3S. The zero-order valence-electron chi connectivity index (χ0n) is 14.7. The van der Waals surface area contributed by atoms with Crippen molar-refractivity contribution >= 4 is 56.4 Å². The van der Waals surface area contributed by atoms with Gasteiger partial charge in [0.05, 0.1) is 16.3 Å². The van der Waals surface area contributed by atoms with E-state index >= 15 is 0 Å². The summed E-state index contributed by atoms with van der Waals surface area (Å²) in [5.41, 5.74) is 7.70. The van der Waals surface area contributed by atoms with Crippen LogP contribution in [0.4, 0.5) is 11.4 Å². The highest BCUT2D eigenvalue weighted by Crippen LogP contribution is 2.33. The third-order valence-electron chi connectivity index (χ3n) is 3.93. The first-order valence-electron chi connectivity index (χ1n) is 8.28. The molecule has 0 aliphatic heterocycles. The molecule has 0 atom stereocenters. The normalized spacial score (nSPS) is 11.1. The average molecular weight is 404 g/mol. The number of nitrogen functional groups attached to an aromatic ring is 1. The summed E-state index contributed by atoms with van der Waals surface area (Å²) in [7, 11) is 0. The van der Waals surface area contributed by atoms with Gasteiger partial charge >= 0.3 is 5.97 Å². The van der Waals surface area contributed by atoms with Gasteiger partial charge in [-0.1, -0.05) is 25.4 Å². The summed E-state index contributed by atoms with van der Waals surface area (Å²) in [4.78, 5) is 29.5. The molecule has 3 aromatic rings. The second-order valence-corrected chi connectivity index (χ2v) is 7.96. The molecule has 4 N–H and O–H groups in total. The van der Waals surface area contributed by atoms with E-state index in [-0.39, 0.29) is 10.6 Å². The van der Waals surface area contributed by atoms with Gasteiger partial charge in [0, 0.05) is 16.8 Å². The summed E-state index contributed by atoms with van der Waals surface area (Å²) in [6.07, 6.45) is 0.845. The van der Waals surface area contributed by atoms with E-state index in [1.54, 1.807) is 0 Å². The van der Waals surface area contributed by atoms with Gasteiger partial charge in [-0.3, -0.25) is 4.79 Å². The lowest BCUT2D eigenvalue weighted by atomic mass is 10.1. The molecule has 1 amide bonds. The number of carboxylic acid groups (broad SMARTS) is 1. The molecule has 0 saturated heterocycles. The van der Waals surface area contributed by atoms with E-state index in [4.69, 9.17) is 22.4 Å². The Hall–Kier alpha value is -2.64. The lowest BCUT2D eigenvalue weighted by Crippen LogP contribution is -2.12. The number of benzene rings is 1. The molecule has 0 fully saturated rings. The minimum atomic E-state index is -1.17. The largest absolute Gasteiger partial charge is 0.478 e. The third-order valence-corrected chi connectivity index (χ3v) is 5.37. The average Bonchev–Trinajstić information content (AvgIpc) is 2.92. The van der Waals surface area contributed by atoms with Crippen molar-refractivity contribution in [1.82, 2.24) is 4.98 Å². The van der Waals surface area contributed by atoms with E-state index < -0.39 is 11.9 Å². The van der Waals surface area contributed by atoms with Crippen molar-refractivity contribution < 1.29 is 14.7 Å². The predicted molar refractivity (Wildman–Crippen MR) is 109 cm³/mol. The summed E-state index contributed by atoms with van der Waals surface area (Å²) in [6, 6.07) is 8.08. The van der Waals surface area contributed by atoms with Gasteiger partial charge in [0.15, 0.2) is 0 Å². The summed E-state index contributed by atoms with van der Waals surface area (Å²) >= 11 is 7.07. The fourth-order valence-corrected chi connectivity index (χ4v) is 3.90. The van der Waals surface area contributed by atoms with Crippen LogP contribution in [0.1, 0.15) is 39.6 Å². The maximum absolute atomic E-state index is 12.6. The van der Waals surface area contributed by atoms with Crippen LogP contribution < -0.4 is 11.1 Å². The zero-order valence-corrected chi connectivity index (χ0v) is 16.3. The standard InChI is InChI=1S/C19H18ClN3O3S/c1-9(2)7-10-3-5-12-15(21)16(27-18(12)23-10)17(24)22-11-4-6-14(20)13(8-11)19(25)26/h3-6,8-9H,7,21H2,1-2H3,(H,22,24)(H,25,26). The smallest absolute Gasteiger partial charge is 0.337 e. The molecule has 27 heavy (non-hydrogen) atoms. The predicted octanol–water partition coefficient (Wildman–Crippen LogP) is 4.68. The molecule has 0 bridgehead atoms. The van der Waals surface area contributed by atoms with Crippen LogP contribution in [0.15, 0.2) is 30.3 Å². The molecule has 2 heterocycles. The Morgan fingerprint density at radius 3 is 2.70 bits per heavy atom. The molecule has 2 aromatic heterocycles. The van der Waals surface area contributed by atoms with Crippen molar-refractivity contribution in [2.24, 2.45) is 5.92 Å². The molecule has 140 valence electrons. The number of aromatic nitrogens is 1. The number of nitrogens with two attached hydrogens (primary N) is 1. The van der Waals surface area contributed by atoms with Crippen molar-refractivity contribution in [3.8, 4) is 0 Å². The number of aromatic carboxylic acids is 1. The summed E-state index contributed by atoms with van der Waals surface area (Å²) in [5.74, 6) is -1.11. The number of nitrogens with one attached hydrogen (secondary N) is 1. The van der Waals surface area contributed by atoms with Crippen LogP contribution in [-0.4, -0.2) is 22.0 Å². The molecular weight excluding hydrogens is 386 g/mol. The van der Waals surface area contributed by atoms with Crippen LogP contribution in [0.25, 0.3) is 10.2 Å². The van der Waals surface area contributed by atoms with Gasteiger partial charge < -0.3 is 16.2 Å². The summed E-state index contributed by atoms with van der Waals surface area (Å²) in [5, 5.41) is 12.7. The molecule has 3 rings (SSSR count). The van der Waals surface area contributed by atoms with Gasteiger partial charge in [0.25, 0.3) is 5.91 Å². The fraction of sp³-hybridized carbons (Fsp3) is 0.211. The van der Waals surface area contributed by atoms with Crippen molar-refractivity contribution in [2.75, 3.05) is 11.1 Å². The van der Waals surface area contributed by atoms with Crippen LogP contribution in [0.3, 0.4) is 0 Å². The number of carbonyl (C=O) groups is 2. The number of carboxylic acids is 1. The van der Waals surface area contributed by atoms with Gasteiger partial charge in [0.1, 0.15) is 9.71 Å². The SMILES string of the molecule is CC(C)Cc1ccc2c(N)c(C(=O)Nc3ccc(Cl)c(C(=O)O)c3)sc2n1. The highest BCUT2D eigenvalue weighted by molar-refractivity contribution is 7.21. The molecule has 0 aliphatic rings. The van der Waals surface area contributed by atoms with Gasteiger partial charge in [-0.25, -0.2) is 9.78 Å². The van der Waals surface area contributed by atoms with E-state index in [1.165, 1.54) is 29.5 Å². The quantitative estimate of drug-likeness (QED) is 0.573. The number of hydrogen-bond acceptors (Lipinski definition) is 5. The number of nitrogens with zero attached hydrogens (tertiary/aromatic N) is 1. The lowest BCUT2D eigenvalue weighted by molar-refractivity contribution is 0.0696. The maximum atomic E-state index is 12.6. The van der Waals surface area contributed by atoms with E-state index in [1.807, 2.05) is 12.1 Å². The Balaban J connectivity index is 1.90. The van der Waals surface area contributed by atoms with Crippen LogP contribution in [-0.2, 0) is 6.42 Å². The van der Waals surface area contributed by atoms with Crippen LogP contribution in [0.5, 0.6) is 0 Å². The van der Waals surface area contributed by atoms with Crippen LogP contribution >= 0.6 is 22.9 Å². The molecule has 0 radical (unpaired) electrons. The number of rotatable bonds is 5. The third kappa shape index (κ3) is 4.04. The minimum Gasteiger partial charge on any atom is -0.478 e. The number of hydrogen-bond donors (Lipinski definition) is 3. The highest BCUT2D eigenvalue weighted by atomic mass is 35.5. The number of halogens is 1. The van der Waals surface area contributed by atoms with E-state index in [2.05, 4.69) is 24.1 Å². The number of carbonyl (C=O) groups excluding carboxylic acids is 1. The van der Waals surface area contributed by atoms with Crippen molar-refractivity contribution in [3.05, 3.63) is 51.5 Å². The molecule has 0 aliphatic carbocycles. The van der Waals surface area contributed by atoms with Gasteiger partial charge in [0.2, 0.25) is 0 Å². The van der Waals surface area contributed by atoms with Crippen molar-refractivity contribution in [1.29, 1.82) is 0 Å². The van der Waals surface area contributed by atoms with Gasteiger partial charge in [-0.15, -0.1) is 11.3 Å². The van der Waals surface area contributed by atoms with Crippen molar-refractivity contribution in [3.63, 3.8) is 0 Å². The second-order valence-electron chi connectivity index (χ2n) is 6.55. The maximum Gasteiger partial charge on any atom is 0.337 e. The summed E-state index contributed by atoms with van der Waals surface area (Å²) < 4.78 is 0. The fourth-order valence-electron chi connectivity index (χ4n) is 2.69. The molecule has 0 unspecified atom stereocenters. The first-order chi connectivity index (χ1) is 12.8. The van der Waals surface area contributed by atoms with E-state index in [9.17, 15) is 9.59 Å². The molecule has 8 heteroatoms. The number of anilines is 2. The second kappa shape index (κ2) is 7.54. The molecule has 0 spiro atoms. The van der Waals surface area contributed by atoms with Crippen LogP contribution in [0.2, 0.25) is 5.02 Å². The van der Waals surface area contributed by atoms with Crippen LogP contribution in [0, 0.1) is 5.92 Å². The Bertz CT molecular complexity index is 1050. The Morgan fingerprint density at radius 2 is 2.04 bits per heavy atom. The highest BCUT2D eigenvalue weighted by Gasteiger charge is 2.19. The number of thiophene rings is 1. The van der Waals surface area contributed by atoms with Crippen molar-refractivity contribution in [2.45, 2.75) is 20.3 Å². The van der Waals surface area contributed by atoms with Gasteiger partial charge in [-0.2, -0.15) is 0 Å². The lowest BCUT2D eigenvalue weighted by Gasteiger charge is -2.06. The molecule has 1 aromatic carbocycles. The molecule has 0 saturated carbocycles. The first kappa shape index (κ1) is 19.1. The number of pyridine rings is 1.